The number of carbonyl (C=O) groups excluding carboxylic acids is 2. The van der Waals surface area contributed by atoms with Gasteiger partial charge in [0, 0.05) is 16.0 Å². The summed E-state index contributed by atoms with van der Waals surface area (Å²) >= 11 is 3.39. The summed E-state index contributed by atoms with van der Waals surface area (Å²) in [6, 6.07) is 5.43. The zero-order valence-electron chi connectivity index (χ0n) is 12.7. The molecule has 0 radical (unpaired) electrons. The highest BCUT2D eigenvalue weighted by molar-refractivity contribution is 9.10. The number of ketones is 2. The van der Waals surface area contributed by atoms with E-state index in [-0.39, 0.29) is 41.5 Å². The van der Waals surface area contributed by atoms with Gasteiger partial charge < -0.3 is 9.47 Å². The van der Waals surface area contributed by atoms with E-state index in [2.05, 4.69) is 22.5 Å². The Kier molecular flexibility index (Phi) is 3.46. The fourth-order valence-corrected chi connectivity index (χ4v) is 4.80. The van der Waals surface area contributed by atoms with Gasteiger partial charge in [-0.3, -0.25) is 9.59 Å². The van der Waals surface area contributed by atoms with Gasteiger partial charge in [-0.1, -0.05) is 28.1 Å². The summed E-state index contributed by atoms with van der Waals surface area (Å²) in [5.74, 6) is -0.673. The second-order valence-corrected chi connectivity index (χ2v) is 7.37. The van der Waals surface area contributed by atoms with Gasteiger partial charge in [0.15, 0.2) is 11.6 Å². The molecule has 120 valence electrons. The van der Waals surface area contributed by atoms with Crippen molar-refractivity contribution >= 4 is 27.5 Å². The molecule has 2 saturated heterocycles. The van der Waals surface area contributed by atoms with Crippen LogP contribution in [0.2, 0.25) is 0 Å². The van der Waals surface area contributed by atoms with Crippen molar-refractivity contribution in [3.8, 4) is 5.75 Å². The molecule has 2 bridgehead atoms. The maximum Gasteiger partial charge on any atom is 0.154 e. The molecule has 1 aliphatic carbocycles. The number of fused-ring (bicyclic) bond motifs is 5. The third-order valence-corrected chi connectivity index (χ3v) is 5.93. The smallest absolute Gasteiger partial charge is 0.154 e. The topological polar surface area (TPSA) is 52.6 Å². The van der Waals surface area contributed by atoms with E-state index in [1.54, 1.807) is 19.2 Å². The Balaban J connectivity index is 1.74. The van der Waals surface area contributed by atoms with E-state index in [0.717, 1.165) is 10.9 Å². The second-order valence-electron chi connectivity index (χ2n) is 6.45. The molecule has 0 amide bonds. The van der Waals surface area contributed by atoms with Gasteiger partial charge in [-0.15, -0.1) is 6.58 Å². The van der Waals surface area contributed by atoms with Crippen molar-refractivity contribution in [2.45, 2.75) is 24.5 Å². The Morgan fingerprint density at radius 2 is 2.04 bits per heavy atom. The van der Waals surface area contributed by atoms with E-state index in [1.807, 2.05) is 12.1 Å². The van der Waals surface area contributed by atoms with Crippen LogP contribution in [0.1, 0.15) is 17.9 Å². The monoisotopic (exact) mass is 376 g/mol. The molecule has 2 heterocycles. The van der Waals surface area contributed by atoms with Crippen molar-refractivity contribution in [1.82, 2.24) is 0 Å². The lowest BCUT2D eigenvalue weighted by molar-refractivity contribution is -0.127. The molecule has 1 saturated carbocycles. The highest BCUT2D eigenvalue weighted by Gasteiger charge is 2.65. The fraction of sp³-hybridized carbons (Fsp3) is 0.444. The number of methoxy groups -OCH3 is 1. The first-order chi connectivity index (χ1) is 11.1. The average molecular weight is 377 g/mol. The zero-order valence-corrected chi connectivity index (χ0v) is 14.3. The minimum atomic E-state index is -0.731. The number of ether oxygens (including phenoxy) is 2. The van der Waals surface area contributed by atoms with Crippen LogP contribution in [-0.2, 0) is 14.3 Å². The van der Waals surface area contributed by atoms with E-state index >= 15 is 0 Å². The van der Waals surface area contributed by atoms with Crippen LogP contribution in [0.4, 0.5) is 0 Å². The van der Waals surface area contributed by atoms with E-state index in [9.17, 15) is 9.59 Å². The number of Topliss-reactive ketones (excluding diaryl/α,β-unsaturated/α-hetero) is 2. The Morgan fingerprint density at radius 3 is 2.74 bits per heavy atom. The maximum atomic E-state index is 13.0. The summed E-state index contributed by atoms with van der Waals surface area (Å²) in [6.07, 6.45) is 2.31. The quantitative estimate of drug-likeness (QED) is 0.601. The molecule has 6 atom stereocenters. The third kappa shape index (κ3) is 1.99. The first-order valence-electron chi connectivity index (χ1n) is 7.75. The van der Waals surface area contributed by atoms with E-state index in [0.29, 0.717) is 11.3 Å². The normalized spacial score (nSPS) is 38.0. The standard InChI is InChI=1S/C18H17BrO4/c1-3-8-6-12-14-15(18(8)23-12)17(21)13(16(14)20)10-5-4-9(19)7-11(10)22-2/h3-5,7-8,12-15,18H,1,6H2,2H3/t8?,12?,13?,14-,15+,18?/m0/s1. The van der Waals surface area contributed by atoms with Crippen LogP contribution in [0.5, 0.6) is 5.75 Å². The van der Waals surface area contributed by atoms with Crippen molar-refractivity contribution in [1.29, 1.82) is 0 Å². The van der Waals surface area contributed by atoms with Gasteiger partial charge in [0.1, 0.15) is 11.7 Å². The van der Waals surface area contributed by atoms with Gasteiger partial charge >= 0.3 is 0 Å². The van der Waals surface area contributed by atoms with E-state index < -0.39 is 5.92 Å². The average Bonchev–Trinajstić information content (AvgIpc) is 3.19. The molecule has 5 heteroatoms. The van der Waals surface area contributed by atoms with Crippen LogP contribution in [-0.4, -0.2) is 30.9 Å². The molecule has 2 aliphatic heterocycles. The number of rotatable bonds is 3. The van der Waals surface area contributed by atoms with Gasteiger partial charge in [0.05, 0.1) is 31.2 Å². The Morgan fingerprint density at radius 1 is 1.30 bits per heavy atom. The van der Waals surface area contributed by atoms with Crippen LogP contribution in [0.25, 0.3) is 0 Å². The molecular weight excluding hydrogens is 360 g/mol. The van der Waals surface area contributed by atoms with Gasteiger partial charge in [-0.2, -0.15) is 0 Å². The predicted octanol–water partition coefficient (Wildman–Crippen LogP) is 2.90. The van der Waals surface area contributed by atoms with Crippen LogP contribution in [0, 0.1) is 17.8 Å². The van der Waals surface area contributed by atoms with Gasteiger partial charge in [-0.05, 0) is 18.6 Å². The van der Waals surface area contributed by atoms with Crippen molar-refractivity contribution in [3.63, 3.8) is 0 Å². The molecule has 3 fully saturated rings. The van der Waals surface area contributed by atoms with Crippen LogP contribution in [0.3, 0.4) is 0 Å². The minimum Gasteiger partial charge on any atom is -0.496 e. The molecule has 4 unspecified atom stereocenters. The first kappa shape index (κ1) is 15.1. The molecule has 1 aromatic carbocycles. The predicted molar refractivity (Wildman–Crippen MR) is 87.4 cm³/mol. The molecular formula is C18H17BrO4. The van der Waals surface area contributed by atoms with Gasteiger partial charge in [0.2, 0.25) is 0 Å². The minimum absolute atomic E-state index is 0.0179. The molecule has 0 N–H and O–H groups in total. The molecule has 23 heavy (non-hydrogen) atoms. The Hall–Kier alpha value is -1.46. The lowest BCUT2D eigenvalue weighted by Gasteiger charge is -2.23. The van der Waals surface area contributed by atoms with Crippen LogP contribution >= 0.6 is 15.9 Å². The van der Waals surface area contributed by atoms with E-state index in [1.165, 1.54) is 0 Å². The summed E-state index contributed by atoms with van der Waals surface area (Å²) in [6.45, 7) is 3.83. The number of carbonyl (C=O) groups is 2. The lowest BCUT2D eigenvalue weighted by atomic mass is 9.75. The van der Waals surface area contributed by atoms with Crippen LogP contribution < -0.4 is 4.74 Å². The molecule has 3 aliphatic rings. The summed E-state index contributed by atoms with van der Waals surface area (Å²) in [7, 11) is 1.55. The summed E-state index contributed by atoms with van der Waals surface area (Å²) in [5, 5.41) is 0. The molecule has 4 nitrogen and oxygen atoms in total. The largest absolute Gasteiger partial charge is 0.496 e. The van der Waals surface area contributed by atoms with Gasteiger partial charge in [-0.25, -0.2) is 0 Å². The SMILES string of the molecule is C=CC1CC2OC1[C@H]1C(=O)C(c3ccc(Br)cc3OC)C(=O)[C@@H]21. The molecule has 0 spiro atoms. The zero-order chi connectivity index (χ0) is 16.3. The summed E-state index contributed by atoms with van der Waals surface area (Å²) < 4.78 is 12.1. The Bertz CT molecular complexity index is 713. The number of hydrogen-bond donors (Lipinski definition) is 0. The number of halogens is 1. The van der Waals surface area contributed by atoms with Crippen molar-refractivity contribution in [3.05, 3.63) is 40.9 Å². The van der Waals surface area contributed by atoms with Crippen LogP contribution in [0.15, 0.2) is 35.3 Å². The highest BCUT2D eigenvalue weighted by atomic mass is 79.9. The van der Waals surface area contributed by atoms with Crippen molar-refractivity contribution < 1.29 is 19.1 Å². The van der Waals surface area contributed by atoms with E-state index in [4.69, 9.17) is 9.47 Å². The summed E-state index contributed by atoms with van der Waals surface area (Å²) in [4.78, 5) is 25.9. The fourth-order valence-electron chi connectivity index (χ4n) is 4.46. The highest BCUT2D eigenvalue weighted by Crippen LogP contribution is 2.55. The van der Waals surface area contributed by atoms with Crippen molar-refractivity contribution in [2.24, 2.45) is 17.8 Å². The number of hydrogen-bond acceptors (Lipinski definition) is 4. The maximum absolute atomic E-state index is 13.0. The first-order valence-corrected chi connectivity index (χ1v) is 8.55. The molecule has 0 aromatic heterocycles. The molecule has 1 aromatic rings. The lowest BCUT2D eigenvalue weighted by Crippen LogP contribution is -2.34. The number of benzene rings is 1. The Labute approximate surface area is 143 Å². The summed E-state index contributed by atoms with van der Waals surface area (Å²) in [5.41, 5.74) is 0.662. The van der Waals surface area contributed by atoms with Crippen molar-refractivity contribution in [2.75, 3.05) is 7.11 Å². The third-order valence-electron chi connectivity index (χ3n) is 5.44. The second kappa shape index (κ2) is 5.28. The molecule has 4 rings (SSSR count). The van der Waals surface area contributed by atoms with Gasteiger partial charge in [0.25, 0.3) is 0 Å².